The second-order valence-electron chi connectivity index (χ2n) is 7.28. The number of hydrogen-bond acceptors (Lipinski definition) is 1. The van der Waals surface area contributed by atoms with Crippen molar-refractivity contribution in [2.45, 2.75) is 63.4 Å². The molecule has 0 aromatic carbocycles. The van der Waals surface area contributed by atoms with Crippen LogP contribution >= 0.6 is 0 Å². The highest BCUT2D eigenvalue weighted by atomic mass is 16.3. The van der Waals surface area contributed by atoms with Crippen LogP contribution in [0.3, 0.4) is 0 Å². The third-order valence-electron chi connectivity index (χ3n) is 6.20. The van der Waals surface area contributed by atoms with Crippen molar-refractivity contribution in [3.63, 3.8) is 0 Å². The number of aliphatic hydroxyl groups is 1. The normalized spacial score (nSPS) is 54.6. The van der Waals surface area contributed by atoms with Crippen molar-refractivity contribution in [1.29, 1.82) is 0 Å². The topological polar surface area (TPSA) is 20.2 Å². The summed E-state index contributed by atoms with van der Waals surface area (Å²) in [4.78, 5) is 0. The van der Waals surface area contributed by atoms with E-state index in [1.807, 2.05) is 0 Å². The quantitative estimate of drug-likeness (QED) is 0.773. The Morgan fingerprint density at radius 2 is 1.44 bits per heavy atom. The summed E-state index contributed by atoms with van der Waals surface area (Å²) in [5, 5.41) is 11.1. The zero-order chi connectivity index (χ0) is 10.8. The van der Waals surface area contributed by atoms with Gasteiger partial charge in [0.2, 0.25) is 0 Å². The molecule has 5 rings (SSSR count). The molecule has 0 aliphatic heterocycles. The summed E-state index contributed by atoms with van der Waals surface area (Å²) >= 11 is 0. The molecule has 5 saturated carbocycles. The lowest BCUT2D eigenvalue weighted by Gasteiger charge is -2.59. The second kappa shape index (κ2) is 3.25. The van der Waals surface area contributed by atoms with Crippen molar-refractivity contribution in [2.24, 2.45) is 29.6 Å². The third kappa shape index (κ3) is 1.40. The summed E-state index contributed by atoms with van der Waals surface area (Å²) in [6.45, 7) is 0. The average molecular weight is 220 g/mol. The van der Waals surface area contributed by atoms with Crippen LogP contribution in [0.15, 0.2) is 0 Å². The molecule has 16 heavy (non-hydrogen) atoms. The summed E-state index contributed by atoms with van der Waals surface area (Å²) in [7, 11) is 0. The fraction of sp³-hybridized carbons (Fsp3) is 1.00. The molecule has 5 aliphatic rings. The van der Waals surface area contributed by atoms with Crippen LogP contribution in [0.4, 0.5) is 0 Å². The minimum atomic E-state index is -0.226. The van der Waals surface area contributed by atoms with Gasteiger partial charge in [0.25, 0.3) is 0 Å². The van der Waals surface area contributed by atoms with E-state index in [1.165, 1.54) is 51.4 Å². The summed E-state index contributed by atoms with van der Waals surface area (Å²) in [5.41, 5.74) is -0.226. The Morgan fingerprint density at radius 3 is 1.94 bits per heavy atom. The van der Waals surface area contributed by atoms with Gasteiger partial charge in [0.1, 0.15) is 0 Å². The standard InChI is InChI=1S/C15H24O/c16-15(4-3-10-1-2-10)13-6-11-5-12(8-13)9-14(15)7-11/h10-14,16H,1-9H2. The van der Waals surface area contributed by atoms with Crippen LogP contribution < -0.4 is 0 Å². The van der Waals surface area contributed by atoms with Gasteiger partial charge in [-0.15, -0.1) is 0 Å². The Hall–Kier alpha value is -0.0400. The molecule has 90 valence electrons. The molecule has 4 bridgehead atoms. The Labute approximate surface area is 98.6 Å². The van der Waals surface area contributed by atoms with Gasteiger partial charge >= 0.3 is 0 Å². The Bertz CT molecular complexity index is 264. The first-order valence-corrected chi connectivity index (χ1v) is 7.46. The van der Waals surface area contributed by atoms with Gasteiger partial charge in [-0.05, 0) is 74.5 Å². The number of hydrogen-bond donors (Lipinski definition) is 1. The summed E-state index contributed by atoms with van der Waals surface area (Å²) in [6.07, 6.45) is 12.2. The monoisotopic (exact) mass is 220 g/mol. The lowest BCUT2D eigenvalue weighted by Crippen LogP contribution is -2.57. The van der Waals surface area contributed by atoms with Crippen molar-refractivity contribution < 1.29 is 5.11 Å². The van der Waals surface area contributed by atoms with E-state index in [0.717, 1.165) is 24.2 Å². The third-order valence-corrected chi connectivity index (χ3v) is 6.20. The molecule has 1 nitrogen and oxygen atoms in total. The van der Waals surface area contributed by atoms with Crippen LogP contribution in [-0.4, -0.2) is 10.7 Å². The highest BCUT2D eigenvalue weighted by molar-refractivity contribution is 5.07. The SMILES string of the molecule is OC1(CCC2CC2)C2CC3CC(C2)CC1C3. The smallest absolute Gasteiger partial charge is 0.0704 e. The van der Waals surface area contributed by atoms with E-state index in [0.29, 0.717) is 11.8 Å². The Kier molecular flexibility index (Phi) is 2.02. The molecule has 0 radical (unpaired) electrons. The van der Waals surface area contributed by atoms with E-state index in [4.69, 9.17) is 0 Å². The van der Waals surface area contributed by atoms with E-state index in [2.05, 4.69) is 0 Å². The molecule has 0 aromatic heterocycles. The highest BCUT2D eigenvalue weighted by Gasteiger charge is 2.56. The maximum Gasteiger partial charge on any atom is 0.0704 e. The van der Waals surface area contributed by atoms with Crippen LogP contribution in [0.5, 0.6) is 0 Å². The lowest BCUT2D eigenvalue weighted by molar-refractivity contribution is -0.177. The molecule has 0 unspecified atom stereocenters. The van der Waals surface area contributed by atoms with E-state index in [-0.39, 0.29) is 5.60 Å². The highest BCUT2D eigenvalue weighted by Crippen LogP contribution is 2.60. The van der Waals surface area contributed by atoms with Crippen LogP contribution in [0.25, 0.3) is 0 Å². The van der Waals surface area contributed by atoms with E-state index >= 15 is 0 Å². The fourth-order valence-corrected chi connectivity index (χ4v) is 5.25. The minimum Gasteiger partial charge on any atom is -0.389 e. The molecule has 1 heteroatoms. The van der Waals surface area contributed by atoms with Crippen molar-refractivity contribution in [3.8, 4) is 0 Å². The zero-order valence-corrected chi connectivity index (χ0v) is 10.2. The van der Waals surface area contributed by atoms with Crippen molar-refractivity contribution >= 4 is 0 Å². The first-order valence-electron chi connectivity index (χ1n) is 7.46. The van der Waals surface area contributed by atoms with Gasteiger partial charge in [0, 0.05) is 0 Å². The van der Waals surface area contributed by atoms with E-state index < -0.39 is 0 Å². The molecule has 0 spiro atoms. The van der Waals surface area contributed by atoms with Crippen molar-refractivity contribution in [1.82, 2.24) is 0 Å². The summed E-state index contributed by atoms with van der Waals surface area (Å²) < 4.78 is 0. The van der Waals surface area contributed by atoms with Crippen LogP contribution in [0, 0.1) is 29.6 Å². The van der Waals surface area contributed by atoms with Gasteiger partial charge in [0.15, 0.2) is 0 Å². The first kappa shape index (κ1) is 9.94. The van der Waals surface area contributed by atoms with Gasteiger partial charge in [-0.3, -0.25) is 0 Å². The predicted molar refractivity (Wildman–Crippen MR) is 64.0 cm³/mol. The largest absolute Gasteiger partial charge is 0.389 e. The molecule has 1 N–H and O–H groups in total. The summed E-state index contributed by atoms with van der Waals surface area (Å²) in [5.74, 6) is 4.33. The molecule has 0 aromatic rings. The molecular formula is C15H24O. The van der Waals surface area contributed by atoms with Crippen molar-refractivity contribution in [2.75, 3.05) is 0 Å². The van der Waals surface area contributed by atoms with Crippen LogP contribution in [-0.2, 0) is 0 Å². The molecule has 0 saturated heterocycles. The number of rotatable bonds is 3. The van der Waals surface area contributed by atoms with Crippen LogP contribution in [0.2, 0.25) is 0 Å². The molecule has 5 aliphatic carbocycles. The van der Waals surface area contributed by atoms with Gasteiger partial charge in [-0.25, -0.2) is 0 Å². The fourth-order valence-electron chi connectivity index (χ4n) is 5.25. The predicted octanol–water partition coefficient (Wildman–Crippen LogP) is 3.36. The van der Waals surface area contributed by atoms with Gasteiger partial charge in [-0.1, -0.05) is 12.8 Å². The van der Waals surface area contributed by atoms with Gasteiger partial charge in [0.05, 0.1) is 5.60 Å². The Balaban J connectivity index is 1.53. The Morgan fingerprint density at radius 1 is 0.875 bits per heavy atom. The molecule has 0 heterocycles. The van der Waals surface area contributed by atoms with Gasteiger partial charge < -0.3 is 5.11 Å². The average Bonchev–Trinajstić information content (AvgIpc) is 3.06. The lowest BCUT2D eigenvalue weighted by atomic mass is 9.49. The summed E-state index contributed by atoms with van der Waals surface area (Å²) in [6, 6.07) is 0. The van der Waals surface area contributed by atoms with E-state index in [1.54, 1.807) is 0 Å². The maximum atomic E-state index is 11.1. The molecule has 5 fully saturated rings. The molecular weight excluding hydrogens is 196 g/mol. The first-order chi connectivity index (χ1) is 7.74. The van der Waals surface area contributed by atoms with Crippen LogP contribution in [0.1, 0.15) is 57.8 Å². The second-order valence-corrected chi connectivity index (χ2v) is 7.28. The zero-order valence-electron chi connectivity index (χ0n) is 10.2. The van der Waals surface area contributed by atoms with E-state index in [9.17, 15) is 5.11 Å². The minimum absolute atomic E-state index is 0.226. The molecule has 0 amide bonds. The van der Waals surface area contributed by atoms with Gasteiger partial charge in [-0.2, -0.15) is 0 Å². The maximum absolute atomic E-state index is 11.1. The molecule has 0 atom stereocenters. The van der Waals surface area contributed by atoms with Crippen molar-refractivity contribution in [3.05, 3.63) is 0 Å².